The molecule has 0 unspecified atom stereocenters. The molecule has 3 aromatic rings. The predicted octanol–water partition coefficient (Wildman–Crippen LogP) is 4.21. The molecule has 1 aliphatic heterocycles. The highest BCUT2D eigenvalue weighted by molar-refractivity contribution is 9.10. The topological polar surface area (TPSA) is 61.5 Å². The van der Waals surface area contributed by atoms with E-state index in [2.05, 4.69) is 26.2 Å². The molecular formula is C20H17BrFN3O2S. The lowest BCUT2D eigenvalue weighted by Crippen LogP contribution is -2.32. The lowest BCUT2D eigenvalue weighted by Gasteiger charge is -2.25. The maximum absolute atomic E-state index is 14.3. The van der Waals surface area contributed by atoms with Crippen LogP contribution in [-0.2, 0) is 0 Å². The molecule has 144 valence electrons. The Hall–Kier alpha value is -2.29. The van der Waals surface area contributed by atoms with Crippen molar-refractivity contribution in [3.63, 3.8) is 0 Å². The zero-order chi connectivity index (χ0) is 19.7. The van der Waals surface area contributed by atoms with E-state index in [1.165, 1.54) is 6.07 Å². The molecular weight excluding hydrogens is 445 g/mol. The zero-order valence-electron chi connectivity index (χ0n) is 14.7. The van der Waals surface area contributed by atoms with Gasteiger partial charge in [0.05, 0.1) is 23.9 Å². The summed E-state index contributed by atoms with van der Waals surface area (Å²) in [6.45, 7) is 0.296. The normalized spacial score (nSPS) is 19.1. The molecule has 0 saturated carbocycles. The van der Waals surface area contributed by atoms with E-state index in [9.17, 15) is 9.50 Å². The number of β-amino-alcohol motifs (C(OH)–C–C–N with tert-alkyl or cyclic N) is 1. The van der Waals surface area contributed by atoms with Crippen LogP contribution < -0.4 is 5.32 Å². The third-order valence-electron chi connectivity index (χ3n) is 4.65. The molecule has 0 amide bonds. The maximum atomic E-state index is 14.3. The fraction of sp³-hybridized carbons (Fsp3) is 0.200. The van der Waals surface area contributed by atoms with Crippen molar-refractivity contribution in [1.29, 1.82) is 0 Å². The molecule has 0 spiro atoms. The van der Waals surface area contributed by atoms with Crippen LogP contribution in [0.5, 0.6) is 0 Å². The van der Waals surface area contributed by atoms with Crippen LogP contribution in [0.4, 0.5) is 4.39 Å². The van der Waals surface area contributed by atoms with Gasteiger partial charge in [0, 0.05) is 17.2 Å². The summed E-state index contributed by atoms with van der Waals surface area (Å²) in [6.07, 6.45) is 1.72. The number of aliphatic hydroxyl groups is 1. The van der Waals surface area contributed by atoms with Gasteiger partial charge in [-0.05, 0) is 54.7 Å². The SMILES string of the molecule is OCCN1C(=S)N[C@@H](c2ccccn2)[C@H]1c1ccc(-c2ccc(Br)cc2F)o1. The summed E-state index contributed by atoms with van der Waals surface area (Å²) < 4.78 is 21.1. The number of pyridine rings is 1. The highest BCUT2D eigenvalue weighted by Crippen LogP contribution is 2.40. The van der Waals surface area contributed by atoms with Gasteiger partial charge in [-0.25, -0.2) is 4.39 Å². The van der Waals surface area contributed by atoms with Gasteiger partial charge in [0.2, 0.25) is 0 Å². The molecule has 8 heteroatoms. The first-order valence-corrected chi connectivity index (χ1v) is 9.92. The van der Waals surface area contributed by atoms with E-state index in [0.717, 1.165) is 5.69 Å². The van der Waals surface area contributed by atoms with Gasteiger partial charge in [0.15, 0.2) is 5.11 Å². The average Bonchev–Trinajstić information content (AvgIpc) is 3.28. The van der Waals surface area contributed by atoms with Crippen LogP contribution in [0.3, 0.4) is 0 Å². The molecule has 1 fully saturated rings. The maximum Gasteiger partial charge on any atom is 0.170 e. The summed E-state index contributed by atoms with van der Waals surface area (Å²) in [5.41, 5.74) is 1.19. The Morgan fingerprint density at radius 1 is 1.25 bits per heavy atom. The van der Waals surface area contributed by atoms with Crippen molar-refractivity contribution in [2.45, 2.75) is 12.1 Å². The molecule has 1 saturated heterocycles. The Labute approximate surface area is 175 Å². The van der Waals surface area contributed by atoms with Crippen LogP contribution in [0, 0.1) is 5.82 Å². The molecule has 2 atom stereocenters. The highest BCUT2D eigenvalue weighted by atomic mass is 79.9. The van der Waals surface area contributed by atoms with Crippen molar-refractivity contribution in [3.05, 3.63) is 76.5 Å². The van der Waals surface area contributed by atoms with E-state index in [1.807, 2.05) is 29.2 Å². The van der Waals surface area contributed by atoms with Gasteiger partial charge in [0.25, 0.3) is 0 Å². The van der Waals surface area contributed by atoms with Crippen LogP contribution in [0.1, 0.15) is 23.5 Å². The van der Waals surface area contributed by atoms with Gasteiger partial charge < -0.3 is 19.7 Å². The number of aromatic nitrogens is 1. The molecule has 1 aliphatic rings. The summed E-state index contributed by atoms with van der Waals surface area (Å²) in [5.74, 6) is 0.680. The number of nitrogens with zero attached hydrogens (tertiary/aromatic N) is 2. The number of furan rings is 1. The third kappa shape index (κ3) is 3.55. The van der Waals surface area contributed by atoms with Crippen LogP contribution in [0.2, 0.25) is 0 Å². The average molecular weight is 462 g/mol. The van der Waals surface area contributed by atoms with Crippen molar-refractivity contribution in [2.75, 3.05) is 13.2 Å². The summed E-state index contributed by atoms with van der Waals surface area (Å²) >= 11 is 8.73. The Morgan fingerprint density at radius 3 is 2.82 bits per heavy atom. The molecule has 3 heterocycles. The number of thiocarbonyl (C=S) groups is 1. The first-order valence-electron chi connectivity index (χ1n) is 8.72. The minimum Gasteiger partial charge on any atom is -0.459 e. The lowest BCUT2D eigenvalue weighted by atomic mass is 10.0. The molecule has 5 nitrogen and oxygen atoms in total. The molecule has 28 heavy (non-hydrogen) atoms. The van der Waals surface area contributed by atoms with E-state index < -0.39 is 0 Å². The minimum atomic E-state index is -0.371. The van der Waals surface area contributed by atoms with Gasteiger partial charge in [-0.2, -0.15) is 0 Å². The molecule has 0 bridgehead atoms. The Balaban J connectivity index is 1.73. The predicted molar refractivity (Wildman–Crippen MR) is 111 cm³/mol. The molecule has 2 aromatic heterocycles. The smallest absolute Gasteiger partial charge is 0.170 e. The first-order chi connectivity index (χ1) is 13.6. The Kier molecular flexibility index (Phi) is 5.43. The number of halogens is 2. The highest BCUT2D eigenvalue weighted by Gasteiger charge is 2.41. The monoisotopic (exact) mass is 461 g/mol. The number of aliphatic hydroxyl groups excluding tert-OH is 1. The van der Waals surface area contributed by atoms with Crippen molar-refractivity contribution in [1.82, 2.24) is 15.2 Å². The van der Waals surface area contributed by atoms with E-state index in [-0.39, 0.29) is 24.5 Å². The van der Waals surface area contributed by atoms with E-state index in [1.54, 1.807) is 24.4 Å². The first kappa shape index (κ1) is 19.0. The van der Waals surface area contributed by atoms with E-state index in [4.69, 9.17) is 16.6 Å². The molecule has 0 radical (unpaired) electrons. The standard InChI is InChI=1S/C20H17BrFN3O2S/c21-12-4-5-13(14(22)11-12)16-6-7-17(27-16)19-18(15-3-1-2-8-23-15)24-20(28)25(19)9-10-26/h1-8,11,18-19,26H,9-10H2,(H,24,28)/t18-,19+/m0/s1. The lowest BCUT2D eigenvalue weighted by molar-refractivity contribution is 0.209. The number of hydrogen-bond acceptors (Lipinski definition) is 4. The summed E-state index contributed by atoms with van der Waals surface area (Å²) in [5, 5.41) is 13.3. The summed E-state index contributed by atoms with van der Waals surface area (Å²) in [6, 6.07) is 13.5. The van der Waals surface area contributed by atoms with Gasteiger partial charge in [-0.3, -0.25) is 4.98 Å². The van der Waals surface area contributed by atoms with Gasteiger partial charge >= 0.3 is 0 Å². The van der Waals surface area contributed by atoms with Gasteiger partial charge in [-0.1, -0.05) is 22.0 Å². The Morgan fingerprint density at radius 2 is 2.11 bits per heavy atom. The summed E-state index contributed by atoms with van der Waals surface area (Å²) in [4.78, 5) is 6.31. The minimum absolute atomic E-state index is 0.0534. The third-order valence-corrected chi connectivity index (χ3v) is 5.50. The van der Waals surface area contributed by atoms with Crippen LogP contribution in [-0.4, -0.2) is 33.3 Å². The van der Waals surface area contributed by atoms with Crippen LogP contribution in [0.15, 0.2) is 63.6 Å². The second kappa shape index (κ2) is 7.98. The quantitative estimate of drug-likeness (QED) is 0.555. The van der Waals surface area contributed by atoms with E-state index >= 15 is 0 Å². The number of nitrogens with one attached hydrogen (secondary N) is 1. The fourth-order valence-corrected chi connectivity index (χ4v) is 4.07. The number of rotatable bonds is 5. The van der Waals surface area contributed by atoms with Crippen LogP contribution in [0.25, 0.3) is 11.3 Å². The fourth-order valence-electron chi connectivity index (χ4n) is 3.41. The second-order valence-corrected chi connectivity index (χ2v) is 7.67. The van der Waals surface area contributed by atoms with E-state index in [0.29, 0.717) is 33.2 Å². The Bertz CT molecular complexity index is 998. The molecule has 2 N–H and O–H groups in total. The largest absolute Gasteiger partial charge is 0.459 e. The zero-order valence-corrected chi connectivity index (χ0v) is 17.1. The number of benzene rings is 1. The van der Waals surface area contributed by atoms with Gasteiger partial charge in [0.1, 0.15) is 23.4 Å². The van der Waals surface area contributed by atoms with Crippen molar-refractivity contribution < 1.29 is 13.9 Å². The number of hydrogen-bond donors (Lipinski definition) is 2. The van der Waals surface area contributed by atoms with Crippen molar-refractivity contribution >= 4 is 33.3 Å². The van der Waals surface area contributed by atoms with Crippen molar-refractivity contribution in [3.8, 4) is 11.3 Å². The van der Waals surface area contributed by atoms with Crippen LogP contribution >= 0.6 is 28.1 Å². The molecule has 1 aromatic carbocycles. The molecule has 4 rings (SSSR count). The van der Waals surface area contributed by atoms with Gasteiger partial charge in [-0.15, -0.1) is 0 Å². The summed E-state index contributed by atoms with van der Waals surface area (Å²) in [7, 11) is 0. The molecule has 0 aliphatic carbocycles. The van der Waals surface area contributed by atoms with Crippen molar-refractivity contribution in [2.24, 2.45) is 0 Å². The second-order valence-electron chi connectivity index (χ2n) is 6.37.